The van der Waals surface area contributed by atoms with Crippen molar-refractivity contribution in [3.05, 3.63) is 94.8 Å². The molecule has 3 aromatic rings. The van der Waals surface area contributed by atoms with E-state index in [0.717, 1.165) is 36.9 Å². The maximum Gasteiger partial charge on any atom is 0.254 e. The van der Waals surface area contributed by atoms with Gasteiger partial charge in [0.15, 0.2) is 0 Å². The Morgan fingerprint density at radius 1 is 0.935 bits per heavy atom. The predicted molar refractivity (Wildman–Crippen MR) is 123 cm³/mol. The summed E-state index contributed by atoms with van der Waals surface area (Å²) in [6, 6.07) is 20.8. The second-order valence-corrected chi connectivity index (χ2v) is 8.68. The van der Waals surface area contributed by atoms with Crippen LogP contribution in [0.4, 0.5) is 4.39 Å². The lowest BCUT2D eigenvalue weighted by Crippen LogP contribution is -2.33. The molecule has 0 N–H and O–H groups in total. The lowest BCUT2D eigenvalue weighted by Gasteiger charge is -2.34. The van der Waals surface area contributed by atoms with Crippen molar-refractivity contribution in [3.63, 3.8) is 0 Å². The Kier molecular flexibility index (Phi) is 6.19. The van der Waals surface area contributed by atoms with Gasteiger partial charge in [0, 0.05) is 19.2 Å². The smallest absolute Gasteiger partial charge is 0.254 e. The summed E-state index contributed by atoms with van der Waals surface area (Å²) >= 11 is 0. The minimum atomic E-state index is -0.251. The number of hydrogen-bond acceptors (Lipinski definition) is 2. The van der Waals surface area contributed by atoms with Gasteiger partial charge in [0.25, 0.3) is 5.91 Å². The first kappa shape index (κ1) is 21.3. The van der Waals surface area contributed by atoms with Crippen LogP contribution in [-0.2, 0) is 13.0 Å². The Morgan fingerprint density at radius 2 is 1.58 bits per heavy atom. The van der Waals surface area contributed by atoms with Gasteiger partial charge >= 0.3 is 0 Å². The lowest BCUT2D eigenvalue weighted by atomic mass is 9.85. The molecule has 0 spiro atoms. The zero-order valence-corrected chi connectivity index (χ0v) is 18.4. The van der Waals surface area contributed by atoms with Crippen LogP contribution in [0.15, 0.2) is 66.7 Å². The quantitative estimate of drug-likeness (QED) is 0.532. The first-order chi connectivity index (χ1) is 14.9. The van der Waals surface area contributed by atoms with Crippen LogP contribution in [0, 0.1) is 5.82 Å². The second kappa shape index (κ2) is 9.03. The Bertz CT molecular complexity index is 1060. The van der Waals surface area contributed by atoms with Gasteiger partial charge in [0.05, 0.1) is 6.04 Å². The molecule has 0 fully saturated rings. The van der Waals surface area contributed by atoms with E-state index in [9.17, 15) is 9.18 Å². The second-order valence-electron chi connectivity index (χ2n) is 8.68. The molecule has 0 radical (unpaired) electrons. The molecule has 4 heteroatoms. The van der Waals surface area contributed by atoms with Crippen LogP contribution >= 0.6 is 0 Å². The van der Waals surface area contributed by atoms with E-state index in [1.54, 1.807) is 12.1 Å². The Balaban J connectivity index is 1.53. The summed E-state index contributed by atoms with van der Waals surface area (Å²) in [6.07, 6.45) is 3.14. The molecular formula is C27H29FN2O. The summed E-state index contributed by atoms with van der Waals surface area (Å²) in [5.74, 6) is -0.223. The molecule has 1 aliphatic rings. The fourth-order valence-electron chi connectivity index (χ4n) is 4.50. The van der Waals surface area contributed by atoms with Gasteiger partial charge in [-0.2, -0.15) is 0 Å². The molecule has 0 bridgehead atoms. The Labute approximate surface area is 184 Å². The molecule has 1 atom stereocenters. The van der Waals surface area contributed by atoms with Crippen molar-refractivity contribution in [2.24, 2.45) is 0 Å². The number of aryl methyl sites for hydroxylation is 1. The molecule has 0 aromatic heterocycles. The normalized spacial score (nSPS) is 15.6. The average Bonchev–Trinajstić information content (AvgIpc) is 2.78. The van der Waals surface area contributed by atoms with E-state index in [1.807, 2.05) is 36.2 Å². The third kappa shape index (κ3) is 4.70. The zero-order chi connectivity index (χ0) is 22.0. The van der Waals surface area contributed by atoms with Gasteiger partial charge in [-0.1, -0.05) is 42.5 Å². The van der Waals surface area contributed by atoms with Crippen LogP contribution < -0.4 is 0 Å². The topological polar surface area (TPSA) is 23.6 Å². The number of rotatable bonds is 5. The Morgan fingerprint density at radius 3 is 2.23 bits per heavy atom. The number of amides is 1. The van der Waals surface area contributed by atoms with Gasteiger partial charge in [-0.05, 0) is 85.4 Å². The zero-order valence-electron chi connectivity index (χ0n) is 18.4. The SMILES string of the molecule is CN(C)Cc1ccc2c(c1)CCCC2N(C)C(=O)c1ccc(-c2ccc(F)cc2)cc1. The van der Waals surface area contributed by atoms with Crippen LogP contribution in [0.25, 0.3) is 11.1 Å². The predicted octanol–water partition coefficient (Wildman–Crippen LogP) is 5.70. The van der Waals surface area contributed by atoms with Crippen molar-refractivity contribution in [3.8, 4) is 11.1 Å². The summed E-state index contributed by atoms with van der Waals surface area (Å²) in [6.45, 7) is 0.924. The monoisotopic (exact) mass is 416 g/mol. The molecule has 3 aromatic carbocycles. The highest BCUT2D eigenvalue weighted by molar-refractivity contribution is 5.95. The molecule has 0 heterocycles. The van der Waals surface area contributed by atoms with E-state index < -0.39 is 0 Å². The van der Waals surface area contributed by atoms with E-state index in [1.165, 1.54) is 28.8 Å². The van der Waals surface area contributed by atoms with Crippen LogP contribution in [0.3, 0.4) is 0 Å². The number of halogens is 1. The van der Waals surface area contributed by atoms with Gasteiger partial charge in [0.2, 0.25) is 0 Å². The van der Waals surface area contributed by atoms with E-state index in [2.05, 4.69) is 37.2 Å². The van der Waals surface area contributed by atoms with E-state index in [4.69, 9.17) is 0 Å². The van der Waals surface area contributed by atoms with Crippen molar-refractivity contribution >= 4 is 5.91 Å². The molecule has 3 nitrogen and oxygen atoms in total. The van der Waals surface area contributed by atoms with E-state index >= 15 is 0 Å². The van der Waals surface area contributed by atoms with E-state index in [0.29, 0.717) is 5.56 Å². The molecule has 1 aliphatic carbocycles. The fraction of sp³-hybridized carbons (Fsp3) is 0.296. The van der Waals surface area contributed by atoms with Crippen molar-refractivity contribution in [1.29, 1.82) is 0 Å². The van der Waals surface area contributed by atoms with Gasteiger partial charge in [-0.3, -0.25) is 4.79 Å². The largest absolute Gasteiger partial charge is 0.335 e. The average molecular weight is 417 g/mol. The van der Waals surface area contributed by atoms with Crippen LogP contribution in [-0.4, -0.2) is 36.9 Å². The molecule has 31 heavy (non-hydrogen) atoms. The number of fused-ring (bicyclic) bond motifs is 1. The van der Waals surface area contributed by atoms with Crippen molar-refractivity contribution in [2.75, 3.05) is 21.1 Å². The minimum absolute atomic E-state index is 0.0286. The molecule has 0 saturated carbocycles. The number of carbonyl (C=O) groups excluding carboxylic acids is 1. The standard InChI is InChI=1S/C27H29FN2O/c1-29(2)18-19-7-16-25-23(17-19)5-4-6-26(25)30(3)27(31)22-10-8-20(9-11-22)21-12-14-24(28)15-13-21/h7-17,26H,4-6,18H2,1-3H3. The number of hydrogen-bond donors (Lipinski definition) is 0. The highest BCUT2D eigenvalue weighted by Crippen LogP contribution is 2.35. The maximum atomic E-state index is 13.2. The summed E-state index contributed by atoms with van der Waals surface area (Å²) in [5.41, 5.74) is 6.52. The van der Waals surface area contributed by atoms with Crippen LogP contribution in [0.1, 0.15) is 45.9 Å². The van der Waals surface area contributed by atoms with Crippen molar-refractivity contribution < 1.29 is 9.18 Å². The van der Waals surface area contributed by atoms with Crippen LogP contribution in [0.5, 0.6) is 0 Å². The van der Waals surface area contributed by atoms with E-state index in [-0.39, 0.29) is 17.8 Å². The van der Waals surface area contributed by atoms with Crippen LogP contribution in [0.2, 0.25) is 0 Å². The van der Waals surface area contributed by atoms with Gasteiger partial charge in [-0.15, -0.1) is 0 Å². The maximum absolute atomic E-state index is 13.2. The molecule has 1 unspecified atom stereocenters. The van der Waals surface area contributed by atoms with Crippen molar-refractivity contribution in [2.45, 2.75) is 31.8 Å². The first-order valence-electron chi connectivity index (χ1n) is 10.8. The molecule has 160 valence electrons. The lowest BCUT2D eigenvalue weighted by molar-refractivity contribution is 0.0715. The highest BCUT2D eigenvalue weighted by Gasteiger charge is 2.27. The third-order valence-electron chi connectivity index (χ3n) is 6.09. The van der Waals surface area contributed by atoms with Gasteiger partial charge < -0.3 is 9.80 Å². The van der Waals surface area contributed by atoms with Gasteiger partial charge in [-0.25, -0.2) is 4.39 Å². The molecular weight excluding hydrogens is 387 g/mol. The minimum Gasteiger partial charge on any atom is -0.335 e. The third-order valence-corrected chi connectivity index (χ3v) is 6.09. The highest BCUT2D eigenvalue weighted by atomic mass is 19.1. The number of carbonyl (C=O) groups is 1. The summed E-state index contributed by atoms with van der Waals surface area (Å²) in [4.78, 5) is 17.3. The molecule has 0 saturated heterocycles. The summed E-state index contributed by atoms with van der Waals surface area (Å²) < 4.78 is 13.2. The summed E-state index contributed by atoms with van der Waals surface area (Å²) in [5, 5.41) is 0. The Hall–Kier alpha value is -2.98. The summed E-state index contributed by atoms with van der Waals surface area (Å²) in [7, 11) is 6.07. The molecule has 0 aliphatic heterocycles. The van der Waals surface area contributed by atoms with Crippen molar-refractivity contribution in [1.82, 2.24) is 9.80 Å². The van der Waals surface area contributed by atoms with Gasteiger partial charge in [0.1, 0.15) is 5.82 Å². The fourth-order valence-corrected chi connectivity index (χ4v) is 4.50. The first-order valence-corrected chi connectivity index (χ1v) is 10.8. The number of benzene rings is 3. The molecule has 4 rings (SSSR count). The molecule has 1 amide bonds. The number of nitrogens with zero attached hydrogens (tertiary/aromatic N) is 2.